The number of hydrogen-bond acceptors (Lipinski definition) is 7. The zero-order chi connectivity index (χ0) is 33.0. The van der Waals surface area contributed by atoms with Crippen LogP contribution in [-0.2, 0) is 21.4 Å². The number of aliphatic carboxylic acids is 1. The average Bonchev–Trinajstić information content (AvgIpc) is 3.67. The lowest BCUT2D eigenvalue weighted by molar-refractivity contribution is -0.274. The summed E-state index contributed by atoms with van der Waals surface area (Å²) < 4.78 is 119. The van der Waals surface area contributed by atoms with E-state index in [0.29, 0.717) is 42.9 Å². The molecular formula is C26H26ClF7N2O7S. The smallest absolute Gasteiger partial charge is 0.489 e. The molecule has 1 saturated heterocycles. The molecule has 18 heteroatoms. The van der Waals surface area contributed by atoms with Gasteiger partial charge in [-0.3, -0.25) is 9.69 Å². The second-order valence-electron chi connectivity index (χ2n) is 10.1. The lowest BCUT2D eigenvalue weighted by atomic mass is 10.0. The molecule has 1 heterocycles. The van der Waals surface area contributed by atoms with Gasteiger partial charge in [-0.25, -0.2) is 22.3 Å². The average molecular weight is 679 g/mol. The third-order valence-corrected chi connectivity index (χ3v) is 6.98. The molecule has 2 aromatic carbocycles. The number of rotatable bonds is 8. The summed E-state index contributed by atoms with van der Waals surface area (Å²) in [5, 5.41) is 7.24. The summed E-state index contributed by atoms with van der Waals surface area (Å²) >= 11 is 5.98. The molecule has 44 heavy (non-hydrogen) atoms. The summed E-state index contributed by atoms with van der Waals surface area (Å²) in [5.74, 6) is -4.72. The standard InChI is InChI=1S/C24H25ClF4N2O5S.C2HF3O2/c1-37(33,34)30-23(32)20-10-19(15-4-5-15)22(11-21(20)26)35-17-3-2-6-31(13-17)12-14-7-16(25)9-18(8-14)36-24(27,28)29;3-2(4,5)1(6)7/h7-11,15,17H,2-6,12-13H2,1H3,(H,30,32);(H,6,7)/t17-;/m1./s1. The maximum absolute atomic E-state index is 14.8. The van der Waals surface area contributed by atoms with Crippen LogP contribution in [0.15, 0.2) is 30.3 Å². The molecule has 244 valence electrons. The van der Waals surface area contributed by atoms with Gasteiger partial charge in [0.25, 0.3) is 5.91 Å². The molecule has 2 aromatic rings. The zero-order valence-corrected chi connectivity index (χ0v) is 24.3. The highest BCUT2D eigenvalue weighted by Crippen LogP contribution is 2.45. The number of nitrogens with zero attached hydrogens (tertiary/aromatic N) is 1. The Morgan fingerprint density at radius 2 is 1.70 bits per heavy atom. The molecule has 1 amide bonds. The lowest BCUT2D eigenvalue weighted by Gasteiger charge is -2.33. The number of alkyl halides is 6. The maximum Gasteiger partial charge on any atom is 0.573 e. The molecule has 0 unspecified atom stereocenters. The number of nitrogens with one attached hydrogen (secondary N) is 1. The maximum atomic E-state index is 14.8. The van der Waals surface area contributed by atoms with Crippen LogP contribution in [0.2, 0.25) is 5.02 Å². The number of amides is 1. The van der Waals surface area contributed by atoms with E-state index >= 15 is 0 Å². The molecule has 1 atom stereocenters. The van der Waals surface area contributed by atoms with E-state index in [-0.39, 0.29) is 22.6 Å². The van der Waals surface area contributed by atoms with Gasteiger partial charge in [0.1, 0.15) is 23.4 Å². The molecule has 2 aliphatic rings. The van der Waals surface area contributed by atoms with Gasteiger partial charge in [0, 0.05) is 24.2 Å². The van der Waals surface area contributed by atoms with E-state index in [0.717, 1.165) is 37.7 Å². The van der Waals surface area contributed by atoms with Crippen molar-refractivity contribution in [2.45, 2.75) is 56.8 Å². The van der Waals surface area contributed by atoms with E-state index in [1.165, 1.54) is 12.1 Å². The number of carboxylic acids is 1. The predicted molar refractivity (Wildman–Crippen MR) is 141 cm³/mol. The number of likely N-dealkylation sites (tertiary alicyclic amines) is 1. The Balaban J connectivity index is 0.000000676. The second kappa shape index (κ2) is 13.8. The molecule has 0 spiro atoms. The molecule has 9 nitrogen and oxygen atoms in total. The summed E-state index contributed by atoms with van der Waals surface area (Å²) in [6.07, 6.45) is -6.34. The van der Waals surface area contributed by atoms with Gasteiger partial charge < -0.3 is 14.6 Å². The molecule has 1 saturated carbocycles. The van der Waals surface area contributed by atoms with E-state index in [9.17, 15) is 43.9 Å². The molecule has 0 aromatic heterocycles. The predicted octanol–water partition coefficient (Wildman–Crippen LogP) is 5.62. The summed E-state index contributed by atoms with van der Waals surface area (Å²) in [5.41, 5.74) is 0.807. The van der Waals surface area contributed by atoms with Crippen LogP contribution in [0.5, 0.6) is 11.5 Å². The fraction of sp³-hybridized carbons (Fsp3) is 0.462. The molecule has 2 N–H and O–H groups in total. The Morgan fingerprint density at radius 3 is 2.25 bits per heavy atom. The SMILES string of the molecule is CS(=O)(=O)NC(=O)c1cc(C2CC2)c(O[C@@H]2CCCN(Cc3cc(Cl)cc(OC(F)(F)F)c3)C2)cc1F.O=C(O)C(F)(F)F. The highest BCUT2D eigenvalue weighted by Gasteiger charge is 2.38. The Labute approximate surface area is 251 Å². The minimum atomic E-state index is -5.08. The third-order valence-electron chi connectivity index (χ3n) is 6.21. The van der Waals surface area contributed by atoms with Crippen molar-refractivity contribution in [3.63, 3.8) is 0 Å². The van der Waals surface area contributed by atoms with Crippen molar-refractivity contribution < 1.29 is 63.3 Å². The first-order valence-corrected chi connectivity index (χ1v) is 15.1. The zero-order valence-electron chi connectivity index (χ0n) is 22.8. The normalized spacial score (nSPS) is 17.7. The van der Waals surface area contributed by atoms with E-state index < -0.39 is 46.0 Å². The second-order valence-corrected chi connectivity index (χ2v) is 12.3. The van der Waals surface area contributed by atoms with Crippen LogP contribution in [0, 0.1) is 5.82 Å². The Bertz CT molecular complexity index is 1480. The number of benzene rings is 2. The Morgan fingerprint density at radius 1 is 1.07 bits per heavy atom. The van der Waals surface area contributed by atoms with Gasteiger partial charge >= 0.3 is 18.5 Å². The first-order valence-electron chi connectivity index (χ1n) is 12.8. The highest BCUT2D eigenvalue weighted by atomic mass is 35.5. The quantitative estimate of drug-likeness (QED) is 0.345. The van der Waals surface area contributed by atoms with Crippen LogP contribution in [0.1, 0.15) is 53.1 Å². The van der Waals surface area contributed by atoms with Gasteiger partial charge in [-0.15, -0.1) is 13.2 Å². The molecule has 0 radical (unpaired) electrons. The van der Waals surface area contributed by atoms with Crippen molar-refractivity contribution >= 4 is 33.5 Å². The van der Waals surface area contributed by atoms with E-state index in [1.807, 2.05) is 4.90 Å². The molecule has 2 fully saturated rings. The van der Waals surface area contributed by atoms with Crippen LogP contribution in [0.4, 0.5) is 30.7 Å². The van der Waals surface area contributed by atoms with Crippen LogP contribution in [0.25, 0.3) is 0 Å². The summed E-state index contributed by atoms with van der Waals surface area (Å²) in [6.45, 7) is 1.42. The number of piperidine rings is 1. The van der Waals surface area contributed by atoms with Crippen molar-refractivity contribution in [3.05, 3.63) is 57.9 Å². The third kappa shape index (κ3) is 11.3. The van der Waals surface area contributed by atoms with Gasteiger partial charge in [-0.1, -0.05) is 11.6 Å². The van der Waals surface area contributed by atoms with Crippen molar-refractivity contribution in [2.75, 3.05) is 19.3 Å². The summed E-state index contributed by atoms with van der Waals surface area (Å²) in [7, 11) is -3.86. The molecule has 4 rings (SSSR count). The molecule has 1 aliphatic heterocycles. The highest BCUT2D eigenvalue weighted by molar-refractivity contribution is 7.89. The molecule has 0 bridgehead atoms. The van der Waals surface area contributed by atoms with Crippen molar-refractivity contribution in [2.24, 2.45) is 0 Å². The van der Waals surface area contributed by atoms with Crippen LogP contribution < -0.4 is 14.2 Å². The topological polar surface area (TPSA) is 122 Å². The van der Waals surface area contributed by atoms with Crippen molar-refractivity contribution in [1.82, 2.24) is 9.62 Å². The Kier molecular flexibility index (Phi) is 11.0. The summed E-state index contributed by atoms with van der Waals surface area (Å²) in [4.78, 5) is 23.2. The van der Waals surface area contributed by atoms with Gasteiger partial charge in [-0.05, 0) is 73.5 Å². The van der Waals surface area contributed by atoms with E-state index in [1.54, 1.807) is 10.8 Å². The number of ether oxygens (including phenoxy) is 2. The van der Waals surface area contributed by atoms with E-state index in [2.05, 4.69) is 4.74 Å². The van der Waals surface area contributed by atoms with Crippen LogP contribution >= 0.6 is 11.6 Å². The fourth-order valence-corrected chi connectivity index (χ4v) is 5.07. The Hall–Kier alpha value is -3.31. The minimum absolute atomic E-state index is 0.0820. The van der Waals surface area contributed by atoms with Crippen LogP contribution in [-0.4, -0.2) is 68.3 Å². The van der Waals surface area contributed by atoms with Gasteiger partial charge in [0.15, 0.2) is 0 Å². The lowest BCUT2D eigenvalue weighted by Crippen LogP contribution is -2.40. The summed E-state index contributed by atoms with van der Waals surface area (Å²) in [6, 6.07) is 6.40. The minimum Gasteiger partial charge on any atom is -0.489 e. The number of carbonyl (C=O) groups excluding carboxylic acids is 1. The first-order chi connectivity index (χ1) is 20.2. The number of carbonyl (C=O) groups is 2. The number of sulfonamides is 1. The van der Waals surface area contributed by atoms with Crippen molar-refractivity contribution in [1.29, 1.82) is 0 Å². The largest absolute Gasteiger partial charge is 0.573 e. The van der Waals surface area contributed by atoms with Crippen molar-refractivity contribution in [3.8, 4) is 11.5 Å². The van der Waals surface area contributed by atoms with E-state index in [4.69, 9.17) is 26.2 Å². The van der Waals surface area contributed by atoms with Crippen LogP contribution in [0.3, 0.4) is 0 Å². The monoisotopic (exact) mass is 678 g/mol. The molecular weight excluding hydrogens is 653 g/mol. The first kappa shape index (κ1) is 35.2. The van der Waals surface area contributed by atoms with Gasteiger partial charge in [-0.2, -0.15) is 13.2 Å². The fourth-order valence-electron chi connectivity index (χ4n) is 4.38. The van der Waals surface area contributed by atoms with Gasteiger partial charge in [0.05, 0.1) is 11.8 Å². The number of carboxylic acid groups (broad SMARTS) is 1. The molecule has 1 aliphatic carbocycles. The van der Waals surface area contributed by atoms with Gasteiger partial charge in [0.2, 0.25) is 10.0 Å². The number of halogens is 8. The number of hydrogen-bond donors (Lipinski definition) is 2.